The number of aliphatic hydroxyl groups excluding tert-OH is 1. The average Bonchev–Trinajstić information content (AvgIpc) is 2.40. The van der Waals surface area contributed by atoms with Crippen molar-refractivity contribution in [3.63, 3.8) is 0 Å². The number of rotatable bonds is 3. The second-order valence-electron chi connectivity index (χ2n) is 5.12. The Kier molecular flexibility index (Phi) is 4.39. The third-order valence-electron chi connectivity index (χ3n) is 4.00. The van der Waals surface area contributed by atoms with E-state index in [4.69, 9.17) is 0 Å². The molecule has 1 aliphatic carbocycles. The summed E-state index contributed by atoms with van der Waals surface area (Å²) in [6, 6.07) is 0. The Morgan fingerprint density at radius 2 is 2.07 bits per heavy atom. The van der Waals surface area contributed by atoms with Crippen LogP contribution in [0.5, 0.6) is 0 Å². The van der Waals surface area contributed by atoms with Crippen LogP contribution in [0.2, 0.25) is 0 Å². The Hall–Kier alpha value is -0.0800. The fraction of sp³-hybridized carbons (Fsp3) is 1.00. The highest BCUT2D eigenvalue weighted by Crippen LogP contribution is 2.33. The lowest BCUT2D eigenvalue weighted by molar-refractivity contribution is 0.150. The van der Waals surface area contributed by atoms with Gasteiger partial charge in [0.15, 0.2) is 0 Å². The van der Waals surface area contributed by atoms with Crippen LogP contribution < -0.4 is 5.32 Å². The fourth-order valence-corrected chi connectivity index (χ4v) is 2.59. The normalized spacial score (nSPS) is 34.5. The van der Waals surface area contributed by atoms with E-state index < -0.39 is 0 Å². The molecule has 0 aromatic carbocycles. The Morgan fingerprint density at radius 3 is 2.57 bits per heavy atom. The third kappa shape index (κ3) is 2.71. The summed E-state index contributed by atoms with van der Waals surface area (Å²) in [7, 11) is 1.98. The van der Waals surface area contributed by atoms with Crippen LogP contribution in [-0.4, -0.2) is 24.3 Å². The molecule has 1 saturated carbocycles. The third-order valence-corrected chi connectivity index (χ3v) is 4.00. The molecule has 0 aromatic heterocycles. The Labute approximate surface area is 88.1 Å². The zero-order chi connectivity index (χ0) is 10.6. The van der Waals surface area contributed by atoms with Crippen LogP contribution in [0.15, 0.2) is 0 Å². The summed E-state index contributed by atoms with van der Waals surface area (Å²) >= 11 is 0. The minimum absolute atomic E-state index is 0.0175. The molecule has 0 radical (unpaired) electrons. The van der Waals surface area contributed by atoms with Crippen LogP contribution in [0.3, 0.4) is 0 Å². The Morgan fingerprint density at radius 1 is 1.36 bits per heavy atom. The highest BCUT2D eigenvalue weighted by Gasteiger charge is 2.31. The van der Waals surface area contributed by atoms with E-state index in [1.165, 1.54) is 19.3 Å². The molecule has 14 heavy (non-hydrogen) atoms. The van der Waals surface area contributed by atoms with Crippen molar-refractivity contribution >= 4 is 0 Å². The largest absolute Gasteiger partial charge is 0.394 e. The fourth-order valence-electron chi connectivity index (χ4n) is 2.59. The lowest BCUT2D eigenvalue weighted by atomic mass is 9.87. The van der Waals surface area contributed by atoms with Crippen molar-refractivity contribution in [3.05, 3.63) is 0 Å². The standard InChI is InChI=1S/C12H25NO/c1-10(2)11-5-4-7-12(9-14,13-3)8-6-11/h10-11,13-14H,4-9H2,1-3H3. The summed E-state index contributed by atoms with van der Waals surface area (Å²) < 4.78 is 0. The van der Waals surface area contributed by atoms with Crippen LogP contribution in [0.25, 0.3) is 0 Å². The maximum absolute atomic E-state index is 9.43. The monoisotopic (exact) mass is 199 g/mol. The second-order valence-corrected chi connectivity index (χ2v) is 5.12. The minimum Gasteiger partial charge on any atom is -0.394 e. The predicted octanol–water partition coefficient (Wildman–Crippen LogP) is 2.17. The highest BCUT2D eigenvalue weighted by atomic mass is 16.3. The van der Waals surface area contributed by atoms with Crippen molar-refractivity contribution in [1.29, 1.82) is 0 Å². The van der Waals surface area contributed by atoms with Crippen LogP contribution in [0.1, 0.15) is 46.0 Å². The van der Waals surface area contributed by atoms with Crippen LogP contribution >= 0.6 is 0 Å². The van der Waals surface area contributed by atoms with Crippen molar-refractivity contribution in [2.24, 2.45) is 11.8 Å². The molecule has 84 valence electrons. The summed E-state index contributed by atoms with van der Waals surface area (Å²) in [4.78, 5) is 0. The number of hydrogen-bond acceptors (Lipinski definition) is 2. The van der Waals surface area contributed by atoms with Gasteiger partial charge in [-0.3, -0.25) is 0 Å². The topological polar surface area (TPSA) is 32.3 Å². The van der Waals surface area contributed by atoms with Crippen LogP contribution in [0, 0.1) is 11.8 Å². The number of nitrogens with one attached hydrogen (secondary N) is 1. The molecule has 2 heteroatoms. The van der Waals surface area contributed by atoms with E-state index in [2.05, 4.69) is 19.2 Å². The Balaban J connectivity index is 2.55. The predicted molar refractivity (Wildman–Crippen MR) is 60.3 cm³/mol. The summed E-state index contributed by atoms with van der Waals surface area (Å²) in [6.45, 7) is 4.92. The lowest BCUT2D eigenvalue weighted by Crippen LogP contribution is -2.46. The first kappa shape index (κ1) is 12.0. The lowest BCUT2D eigenvalue weighted by Gasteiger charge is -2.30. The molecule has 0 spiro atoms. The summed E-state index contributed by atoms with van der Waals surface area (Å²) in [5, 5.41) is 12.7. The zero-order valence-electron chi connectivity index (χ0n) is 9.84. The molecular weight excluding hydrogens is 174 g/mol. The van der Waals surface area contributed by atoms with Gasteiger partial charge in [0.05, 0.1) is 6.61 Å². The molecule has 0 saturated heterocycles. The van der Waals surface area contributed by atoms with Gasteiger partial charge < -0.3 is 10.4 Å². The molecule has 0 heterocycles. The number of hydrogen-bond donors (Lipinski definition) is 2. The maximum atomic E-state index is 9.43. The zero-order valence-corrected chi connectivity index (χ0v) is 9.84. The first-order valence-corrected chi connectivity index (χ1v) is 5.93. The molecule has 2 nitrogen and oxygen atoms in total. The number of likely N-dealkylation sites (N-methyl/N-ethyl adjacent to an activating group) is 1. The smallest absolute Gasteiger partial charge is 0.0613 e. The summed E-state index contributed by atoms with van der Waals surface area (Å²) in [6.07, 6.45) is 6.11. The molecular formula is C12H25NO. The van der Waals surface area contributed by atoms with Gasteiger partial charge in [-0.15, -0.1) is 0 Å². The van der Waals surface area contributed by atoms with E-state index >= 15 is 0 Å². The van der Waals surface area contributed by atoms with Crippen molar-refractivity contribution in [3.8, 4) is 0 Å². The molecule has 2 N–H and O–H groups in total. The SMILES string of the molecule is CNC1(CO)CCCC(C(C)C)CC1. The van der Waals surface area contributed by atoms with Gasteiger partial charge in [0.25, 0.3) is 0 Å². The van der Waals surface area contributed by atoms with Gasteiger partial charge in [-0.05, 0) is 38.1 Å². The van der Waals surface area contributed by atoms with Gasteiger partial charge >= 0.3 is 0 Å². The van der Waals surface area contributed by atoms with Crippen LogP contribution in [0.4, 0.5) is 0 Å². The average molecular weight is 199 g/mol. The van der Waals surface area contributed by atoms with Gasteiger partial charge in [-0.25, -0.2) is 0 Å². The molecule has 1 fully saturated rings. The second kappa shape index (κ2) is 5.13. The van der Waals surface area contributed by atoms with E-state index in [1.54, 1.807) is 0 Å². The van der Waals surface area contributed by atoms with E-state index in [9.17, 15) is 5.11 Å². The van der Waals surface area contributed by atoms with Crippen molar-refractivity contribution < 1.29 is 5.11 Å². The molecule has 1 aliphatic rings. The van der Waals surface area contributed by atoms with Gasteiger partial charge in [-0.1, -0.05) is 26.7 Å². The first-order valence-electron chi connectivity index (χ1n) is 5.93. The van der Waals surface area contributed by atoms with Crippen molar-refractivity contribution in [2.75, 3.05) is 13.7 Å². The van der Waals surface area contributed by atoms with E-state index in [-0.39, 0.29) is 12.1 Å². The molecule has 0 bridgehead atoms. The van der Waals surface area contributed by atoms with E-state index in [1.807, 2.05) is 7.05 Å². The van der Waals surface area contributed by atoms with Crippen molar-refractivity contribution in [1.82, 2.24) is 5.32 Å². The molecule has 2 unspecified atom stereocenters. The van der Waals surface area contributed by atoms with Gasteiger partial charge in [0.2, 0.25) is 0 Å². The van der Waals surface area contributed by atoms with E-state index in [0.29, 0.717) is 0 Å². The molecule has 0 amide bonds. The summed E-state index contributed by atoms with van der Waals surface area (Å²) in [5.74, 6) is 1.65. The molecule has 0 aromatic rings. The number of aliphatic hydroxyl groups is 1. The molecule has 2 atom stereocenters. The Bertz CT molecular complexity index is 164. The molecule has 1 rings (SSSR count). The summed E-state index contributed by atoms with van der Waals surface area (Å²) in [5.41, 5.74) is 0.0175. The quantitative estimate of drug-likeness (QED) is 0.683. The highest BCUT2D eigenvalue weighted by molar-refractivity contribution is 4.89. The van der Waals surface area contributed by atoms with Gasteiger partial charge in [0, 0.05) is 5.54 Å². The first-order chi connectivity index (χ1) is 6.63. The maximum Gasteiger partial charge on any atom is 0.0613 e. The van der Waals surface area contributed by atoms with Gasteiger partial charge in [0.1, 0.15) is 0 Å². The minimum atomic E-state index is 0.0175. The van der Waals surface area contributed by atoms with E-state index in [0.717, 1.165) is 24.7 Å². The van der Waals surface area contributed by atoms with Crippen LogP contribution in [-0.2, 0) is 0 Å². The molecule has 0 aliphatic heterocycles. The van der Waals surface area contributed by atoms with Gasteiger partial charge in [-0.2, -0.15) is 0 Å². The van der Waals surface area contributed by atoms with Crippen molar-refractivity contribution in [2.45, 2.75) is 51.5 Å².